The minimum absolute atomic E-state index is 0.0605. The van der Waals surface area contributed by atoms with E-state index in [2.05, 4.69) is 15.9 Å². The van der Waals surface area contributed by atoms with Crippen LogP contribution in [-0.4, -0.2) is 26.3 Å². The van der Waals surface area contributed by atoms with Crippen LogP contribution in [0.5, 0.6) is 0 Å². The molecule has 0 radical (unpaired) electrons. The molecular formula is C13H18BrFN2O2S. The van der Waals surface area contributed by atoms with Crippen LogP contribution in [0.3, 0.4) is 0 Å². The predicted molar refractivity (Wildman–Crippen MR) is 80.3 cm³/mol. The summed E-state index contributed by atoms with van der Waals surface area (Å²) in [6, 6.07) is 2.52. The minimum atomic E-state index is -3.85. The molecule has 4 nitrogen and oxygen atoms in total. The lowest BCUT2D eigenvalue weighted by Crippen LogP contribution is -2.32. The van der Waals surface area contributed by atoms with Gasteiger partial charge in [0.25, 0.3) is 0 Å². The van der Waals surface area contributed by atoms with E-state index < -0.39 is 15.8 Å². The molecule has 0 saturated heterocycles. The Kier molecular flexibility index (Phi) is 4.71. The molecule has 1 aliphatic carbocycles. The smallest absolute Gasteiger partial charge is 0.245 e. The third-order valence-corrected chi connectivity index (χ3v) is 6.10. The van der Waals surface area contributed by atoms with Crippen LogP contribution in [0.4, 0.5) is 10.1 Å². The lowest BCUT2D eigenvalue weighted by atomic mass is 10.1. The Hall–Kier alpha value is -0.660. The number of anilines is 1. The number of sulfonamides is 1. The van der Waals surface area contributed by atoms with E-state index in [9.17, 15) is 12.8 Å². The molecule has 0 bridgehead atoms. The summed E-state index contributed by atoms with van der Waals surface area (Å²) in [5, 5.41) is 0. The highest BCUT2D eigenvalue weighted by molar-refractivity contribution is 9.10. The number of nitrogen functional groups attached to an aromatic ring is 1. The Morgan fingerprint density at radius 3 is 2.60 bits per heavy atom. The summed E-state index contributed by atoms with van der Waals surface area (Å²) in [7, 11) is -2.36. The van der Waals surface area contributed by atoms with Gasteiger partial charge in [0.15, 0.2) is 5.82 Å². The Morgan fingerprint density at radius 2 is 2.00 bits per heavy atom. The first-order chi connectivity index (χ1) is 9.32. The number of hydrogen-bond donors (Lipinski definition) is 1. The molecule has 0 heterocycles. The van der Waals surface area contributed by atoms with Crippen molar-refractivity contribution in [1.29, 1.82) is 0 Å². The zero-order valence-electron chi connectivity index (χ0n) is 11.3. The molecule has 20 heavy (non-hydrogen) atoms. The summed E-state index contributed by atoms with van der Waals surface area (Å²) in [5.41, 5.74) is 5.82. The quantitative estimate of drug-likeness (QED) is 0.835. The zero-order valence-corrected chi connectivity index (χ0v) is 13.7. The van der Waals surface area contributed by atoms with Gasteiger partial charge in [-0.3, -0.25) is 0 Å². The van der Waals surface area contributed by atoms with Crippen molar-refractivity contribution in [3.8, 4) is 0 Å². The van der Waals surface area contributed by atoms with E-state index in [-0.39, 0.29) is 15.1 Å². The molecule has 1 aromatic rings. The third kappa shape index (κ3) is 3.15. The first-order valence-electron chi connectivity index (χ1n) is 6.53. The molecule has 0 spiro atoms. The van der Waals surface area contributed by atoms with Gasteiger partial charge in [-0.2, -0.15) is 0 Å². The van der Waals surface area contributed by atoms with Crippen LogP contribution in [0.2, 0.25) is 0 Å². The Labute approximate surface area is 127 Å². The molecular weight excluding hydrogens is 347 g/mol. The monoisotopic (exact) mass is 364 g/mol. The van der Waals surface area contributed by atoms with E-state index >= 15 is 0 Å². The molecule has 2 N–H and O–H groups in total. The van der Waals surface area contributed by atoms with Gasteiger partial charge in [-0.1, -0.05) is 12.8 Å². The van der Waals surface area contributed by atoms with Crippen LogP contribution in [-0.2, 0) is 10.0 Å². The number of nitrogens with two attached hydrogens (primary N) is 1. The molecule has 2 rings (SSSR count). The average Bonchev–Trinajstić information content (AvgIpc) is 2.86. The summed E-state index contributed by atoms with van der Waals surface area (Å²) in [6.07, 6.45) is 4.33. The van der Waals surface area contributed by atoms with Crippen LogP contribution < -0.4 is 5.73 Å². The van der Waals surface area contributed by atoms with Gasteiger partial charge in [0, 0.05) is 19.3 Å². The highest BCUT2D eigenvalue weighted by Gasteiger charge is 2.29. The fourth-order valence-corrected chi connectivity index (χ4v) is 4.57. The molecule has 1 aromatic carbocycles. The topological polar surface area (TPSA) is 63.4 Å². The molecule has 7 heteroatoms. The molecule has 1 aliphatic rings. The van der Waals surface area contributed by atoms with Crippen molar-refractivity contribution >= 4 is 31.6 Å². The van der Waals surface area contributed by atoms with Crippen molar-refractivity contribution in [1.82, 2.24) is 4.31 Å². The van der Waals surface area contributed by atoms with Gasteiger partial charge >= 0.3 is 0 Å². The highest BCUT2D eigenvalue weighted by Crippen LogP contribution is 2.30. The first kappa shape index (κ1) is 15.7. The van der Waals surface area contributed by atoms with Crippen LogP contribution >= 0.6 is 15.9 Å². The van der Waals surface area contributed by atoms with E-state index in [0.717, 1.165) is 25.7 Å². The molecule has 0 aromatic heterocycles. The van der Waals surface area contributed by atoms with Gasteiger partial charge in [0.1, 0.15) is 4.90 Å². The third-order valence-electron chi connectivity index (χ3n) is 3.70. The maximum absolute atomic E-state index is 14.0. The first-order valence-corrected chi connectivity index (χ1v) is 8.76. The second kappa shape index (κ2) is 5.99. The van der Waals surface area contributed by atoms with Crippen molar-refractivity contribution in [3.63, 3.8) is 0 Å². The number of rotatable bonds is 4. The number of benzene rings is 1. The summed E-state index contributed by atoms with van der Waals surface area (Å²) >= 11 is 2.99. The van der Waals surface area contributed by atoms with Crippen LogP contribution in [0, 0.1) is 11.7 Å². The Balaban J connectivity index is 2.29. The molecule has 1 fully saturated rings. The summed E-state index contributed by atoms with van der Waals surface area (Å²) in [4.78, 5) is -0.370. The van der Waals surface area contributed by atoms with E-state index in [0.29, 0.717) is 12.5 Å². The number of hydrogen-bond acceptors (Lipinski definition) is 3. The van der Waals surface area contributed by atoms with E-state index in [4.69, 9.17) is 5.73 Å². The Morgan fingerprint density at radius 1 is 1.40 bits per heavy atom. The SMILES string of the molecule is CN(CC1CCCC1)S(=O)(=O)c1cc(N)cc(Br)c1F. The molecule has 1 saturated carbocycles. The summed E-state index contributed by atoms with van der Waals surface area (Å²) in [5.74, 6) is -0.431. The van der Waals surface area contributed by atoms with Gasteiger partial charge in [-0.25, -0.2) is 17.1 Å². The standard InChI is InChI=1S/C13H18BrFN2O2S/c1-17(8-9-4-2-3-5-9)20(18,19)12-7-10(16)6-11(14)13(12)15/h6-7,9H,2-5,8,16H2,1H3. The van der Waals surface area contributed by atoms with Crippen LogP contribution in [0.1, 0.15) is 25.7 Å². The number of halogens is 2. The van der Waals surface area contributed by atoms with Crippen LogP contribution in [0.25, 0.3) is 0 Å². The van der Waals surface area contributed by atoms with Crippen LogP contribution in [0.15, 0.2) is 21.5 Å². The largest absolute Gasteiger partial charge is 0.399 e. The van der Waals surface area contributed by atoms with E-state index in [1.807, 2.05) is 0 Å². The second-order valence-electron chi connectivity index (χ2n) is 5.25. The second-order valence-corrected chi connectivity index (χ2v) is 8.12. The molecule has 112 valence electrons. The van der Waals surface area contributed by atoms with Crippen molar-refractivity contribution in [2.75, 3.05) is 19.3 Å². The fourth-order valence-electron chi connectivity index (χ4n) is 2.59. The normalized spacial score (nSPS) is 17.0. The van der Waals surface area contributed by atoms with Gasteiger partial charge in [-0.15, -0.1) is 0 Å². The maximum Gasteiger partial charge on any atom is 0.245 e. The van der Waals surface area contributed by atoms with Crippen molar-refractivity contribution in [2.45, 2.75) is 30.6 Å². The predicted octanol–water partition coefficient (Wildman–Crippen LogP) is 2.98. The van der Waals surface area contributed by atoms with Crippen molar-refractivity contribution < 1.29 is 12.8 Å². The van der Waals surface area contributed by atoms with Gasteiger partial charge in [-0.05, 0) is 46.8 Å². The summed E-state index contributed by atoms with van der Waals surface area (Å²) in [6.45, 7) is 0.425. The van der Waals surface area contributed by atoms with E-state index in [1.54, 1.807) is 0 Å². The average molecular weight is 365 g/mol. The highest BCUT2D eigenvalue weighted by atomic mass is 79.9. The Bertz CT molecular complexity index is 601. The lowest BCUT2D eigenvalue weighted by molar-refractivity contribution is 0.385. The lowest BCUT2D eigenvalue weighted by Gasteiger charge is -2.21. The van der Waals surface area contributed by atoms with E-state index in [1.165, 1.54) is 23.5 Å². The van der Waals surface area contributed by atoms with Crippen molar-refractivity contribution in [2.24, 2.45) is 5.92 Å². The maximum atomic E-state index is 14.0. The van der Waals surface area contributed by atoms with Gasteiger partial charge in [0.2, 0.25) is 10.0 Å². The fraction of sp³-hybridized carbons (Fsp3) is 0.538. The molecule has 0 atom stereocenters. The minimum Gasteiger partial charge on any atom is -0.399 e. The summed E-state index contributed by atoms with van der Waals surface area (Å²) < 4.78 is 40.2. The molecule has 0 aliphatic heterocycles. The van der Waals surface area contributed by atoms with Gasteiger partial charge in [0.05, 0.1) is 4.47 Å². The van der Waals surface area contributed by atoms with Crippen molar-refractivity contribution in [3.05, 3.63) is 22.4 Å². The number of nitrogens with zero attached hydrogens (tertiary/aromatic N) is 1. The zero-order chi connectivity index (χ0) is 14.9. The molecule has 0 unspecified atom stereocenters. The molecule has 0 amide bonds. The van der Waals surface area contributed by atoms with Gasteiger partial charge < -0.3 is 5.73 Å².